The van der Waals surface area contributed by atoms with Gasteiger partial charge in [0.1, 0.15) is 0 Å². The third-order valence-electron chi connectivity index (χ3n) is 2.66. The summed E-state index contributed by atoms with van der Waals surface area (Å²) in [5.74, 6) is 0.0604. The topological polar surface area (TPSA) is 52.6 Å². The number of hydrogen-bond donors (Lipinski definition) is 2. The van der Waals surface area contributed by atoms with Crippen LogP contribution in [-0.2, 0) is 4.79 Å². The monoisotopic (exact) mass is 200 g/mol. The molecule has 1 unspecified atom stereocenters. The van der Waals surface area contributed by atoms with Crippen LogP contribution in [-0.4, -0.2) is 47.7 Å². The first-order valence-corrected chi connectivity index (χ1v) is 5.31. The predicted molar refractivity (Wildman–Crippen MR) is 55.0 cm³/mol. The van der Waals surface area contributed by atoms with Crippen LogP contribution in [0.2, 0.25) is 0 Å². The molecule has 1 saturated heterocycles. The number of rotatable bonds is 3. The lowest BCUT2D eigenvalue weighted by Crippen LogP contribution is -2.47. The van der Waals surface area contributed by atoms with Crippen molar-refractivity contribution < 1.29 is 9.90 Å². The smallest absolute Gasteiger partial charge is 0.237 e. The highest BCUT2D eigenvalue weighted by atomic mass is 16.3. The van der Waals surface area contributed by atoms with Crippen molar-refractivity contribution >= 4 is 5.91 Å². The maximum absolute atomic E-state index is 11.7. The van der Waals surface area contributed by atoms with Crippen LogP contribution < -0.4 is 5.32 Å². The van der Waals surface area contributed by atoms with E-state index in [0.717, 1.165) is 19.5 Å². The molecule has 4 heteroatoms. The first-order chi connectivity index (χ1) is 6.66. The highest BCUT2D eigenvalue weighted by Crippen LogP contribution is 2.12. The Morgan fingerprint density at radius 1 is 1.64 bits per heavy atom. The molecule has 1 aliphatic rings. The van der Waals surface area contributed by atoms with E-state index in [1.54, 1.807) is 0 Å². The molecule has 1 atom stereocenters. The van der Waals surface area contributed by atoms with E-state index in [-0.39, 0.29) is 18.6 Å². The van der Waals surface area contributed by atoms with Crippen LogP contribution in [0.4, 0.5) is 0 Å². The molecule has 0 radical (unpaired) electrons. The van der Waals surface area contributed by atoms with Crippen molar-refractivity contribution in [2.75, 3.05) is 19.7 Å². The number of carbonyl (C=O) groups is 1. The maximum atomic E-state index is 11.7. The molecule has 0 aromatic heterocycles. The maximum Gasteiger partial charge on any atom is 0.237 e. The summed E-state index contributed by atoms with van der Waals surface area (Å²) in [4.78, 5) is 13.8. The van der Waals surface area contributed by atoms with E-state index in [1.165, 1.54) is 0 Å². The van der Waals surface area contributed by atoms with Crippen LogP contribution in [0.1, 0.15) is 26.7 Å². The molecule has 0 saturated carbocycles. The van der Waals surface area contributed by atoms with Crippen LogP contribution >= 0.6 is 0 Å². The van der Waals surface area contributed by atoms with E-state index in [0.29, 0.717) is 12.5 Å². The molecule has 2 N–H and O–H groups in total. The number of aliphatic hydroxyl groups excluding tert-OH is 1. The Kier molecular flexibility index (Phi) is 4.35. The van der Waals surface area contributed by atoms with Crippen LogP contribution in [0.25, 0.3) is 0 Å². The Bertz CT molecular complexity index is 195. The number of nitrogens with zero attached hydrogens (tertiary/aromatic N) is 1. The van der Waals surface area contributed by atoms with Crippen molar-refractivity contribution in [1.29, 1.82) is 0 Å². The molecule has 0 bridgehead atoms. The summed E-state index contributed by atoms with van der Waals surface area (Å²) in [6.45, 7) is 5.93. The number of amides is 1. The molecule has 1 fully saturated rings. The molecule has 82 valence electrons. The highest BCUT2D eigenvalue weighted by molar-refractivity contribution is 5.82. The normalized spacial score (nSPS) is 24.9. The van der Waals surface area contributed by atoms with Gasteiger partial charge in [-0.05, 0) is 26.7 Å². The summed E-state index contributed by atoms with van der Waals surface area (Å²) in [5, 5.41) is 11.8. The first-order valence-electron chi connectivity index (χ1n) is 5.31. The summed E-state index contributed by atoms with van der Waals surface area (Å²) in [6.07, 6.45) is 1.52. The van der Waals surface area contributed by atoms with Crippen LogP contribution in [0, 0.1) is 0 Å². The fourth-order valence-electron chi connectivity index (χ4n) is 1.93. The van der Waals surface area contributed by atoms with Gasteiger partial charge in [-0.25, -0.2) is 0 Å². The molecule has 0 aromatic carbocycles. The second-order valence-corrected chi connectivity index (χ2v) is 4.00. The second kappa shape index (κ2) is 5.32. The number of hydrogen-bond acceptors (Lipinski definition) is 3. The van der Waals surface area contributed by atoms with Gasteiger partial charge >= 0.3 is 0 Å². The quantitative estimate of drug-likeness (QED) is 0.672. The van der Waals surface area contributed by atoms with Gasteiger partial charge in [-0.3, -0.25) is 9.69 Å². The van der Waals surface area contributed by atoms with Gasteiger partial charge in [0.05, 0.1) is 6.04 Å². The molecule has 14 heavy (non-hydrogen) atoms. The summed E-state index contributed by atoms with van der Waals surface area (Å²) in [7, 11) is 0. The van der Waals surface area contributed by atoms with E-state index in [4.69, 9.17) is 5.11 Å². The standard InChI is InChI=1S/C10H20N2O2/c1-8(2)12-6-3-5-11-10(14)9(12)4-7-13/h8-9,13H,3-7H2,1-2H3,(H,11,14). The van der Waals surface area contributed by atoms with Gasteiger partial charge in [-0.15, -0.1) is 0 Å². The van der Waals surface area contributed by atoms with E-state index in [9.17, 15) is 4.79 Å². The molecular weight excluding hydrogens is 180 g/mol. The minimum Gasteiger partial charge on any atom is -0.396 e. The molecule has 0 aromatic rings. The SMILES string of the molecule is CC(C)N1CCCNC(=O)C1CCO. The Morgan fingerprint density at radius 2 is 2.36 bits per heavy atom. The lowest BCUT2D eigenvalue weighted by Gasteiger charge is -2.31. The summed E-state index contributed by atoms with van der Waals surface area (Å²) in [5.41, 5.74) is 0. The number of aliphatic hydroxyl groups is 1. The van der Waals surface area contributed by atoms with Gasteiger partial charge in [0.15, 0.2) is 0 Å². The van der Waals surface area contributed by atoms with Crippen LogP contribution in [0.15, 0.2) is 0 Å². The molecule has 1 rings (SSSR count). The van der Waals surface area contributed by atoms with Gasteiger partial charge < -0.3 is 10.4 Å². The third-order valence-corrected chi connectivity index (χ3v) is 2.66. The van der Waals surface area contributed by atoms with Crippen molar-refractivity contribution in [2.45, 2.75) is 38.8 Å². The lowest BCUT2D eigenvalue weighted by molar-refractivity contribution is -0.126. The molecule has 1 aliphatic heterocycles. The number of carbonyl (C=O) groups excluding carboxylic acids is 1. The number of nitrogens with one attached hydrogen (secondary N) is 1. The van der Waals surface area contributed by atoms with E-state index < -0.39 is 0 Å². The van der Waals surface area contributed by atoms with Gasteiger partial charge in [0.25, 0.3) is 0 Å². The molecule has 4 nitrogen and oxygen atoms in total. The Morgan fingerprint density at radius 3 is 2.93 bits per heavy atom. The minimum absolute atomic E-state index is 0.0604. The Labute approximate surface area is 85.3 Å². The van der Waals surface area contributed by atoms with Gasteiger partial charge in [-0.2, -0.15) is 0 Å². The lowest BCUT2D eigenvalue weighted by atomic mass is 10.1. The van der Waals surface area contributed by atoms with Crippen LogP contribution in [0.3, 0.4) is 0 Å². The first kappa shape index (κ1) is 11.5. The van der Waals surface area contributed by atoms with Crippen molar-refractivity contribution in [3.63, 3.8) is 0 Å². The third kappa shape index (κ3) is 2.69. The Balaban J connectivity index is 2.70. The van der Waals surface area contributed by atoms with Crippen LogP contribution in [0.5, 0.6) is 0 Å². The summed E-state index contributed by atoms with van der Waals surface area (Å²) < 4.78 is 0. The van der Waals surface area contributed by atoms with Gasteiger partial charge in [0, 0.05) is 25.7 Å². The summed E-state index contributed by atoms with van der Waals surface area (Å²) >= 11 is 0. The summed E-state index contributed by atoms with van der Waals surface area (Å²) in [6, 6.07) is 0.206. The molecule has 0 aliphatic carbocycles. The average molecular weight is 200 g/mol. The fourth-order valence-corrected chi connectivity index (χ4v) is 1.93. The van der Waals surface area contributed by atoms with Crippen molar-refractivity contribution in [2.24, 2.45) is 0 Å². The van der Waals surface area contributed by atoms with E-state index in [1.807, 2.05) is 0 Å². The van der Waals surface area contributed by atoms with Crippen molar-refractivity contribution in [3.8, 4) is 0 Å². The van der Waals surface area contributed by atoms with Gasteiger partial charge in [-0.1, -0.05) is 0 Å². The van der Waals surface area contributed by atoms with E-state index >= 15 is 0 Å². The zero-order valence-electron chi connectivity index (χ0n) is 8.99. The highest BCUT2D eigenvalue weighted by Gasteiger charge is 2.28. The molecular formula is C10H20N2O2. The zero-order valence-corrected chi connectivity index (χ0v) is 8.99. The molecule has 1 amide bonds. The second-order valence-electron chi connectivity index (χ2n) is 4.00. The van der Waals surface area contributed by atoms with E-state index in [2.05, 4.69) is 24.1 Å². The fraction of sp³-hybridized carbons (Fsp3) is 0.900. The van der Waals surface area contributed by atoms with Crippen molar-refractivity contribution in [3.05, 3.63) is 0 Å². The largest absolute Gasteiger partial charge is 0.396 e. The molecule has 0 spiro atoms. The van der Waals surface area contributed by atoms with Gasteiger partial charge in [0.2, 0.25) is 5.91 Å². The average Bonchev–Trinajstić information content (AvgIpc) is 2.30. The Hall–Kier alpha value is -0.610. The minimum atomic E-state index is -0.150. The molecule has 1 heterocycles. The zero-order chi connectivity index (χ0) is 10.6. The van der Waals surface area contributed by atoms with Crippen molar-refractivity contribution in [1.82, 2.24) is 10.2 Å². The predicted octanol–water partition coefficient (Wildman–Crippen LogP) is -0.0323.